The first-order valence-electron chi connectivity index (χ1n) is 9.49. The summed E-state index contributed by atoms with van der Waals surface area (Å²) in [6, 6.07) is 14.9. The number of carbonyl (C=O) groups is 2. The molecule has 0 aliphatic heterocycles. The first kappa shape index (κ1) is 21.3. The Morgan fingerprint density at radius 3 is 2.18 bits per heavy atom. The van der Waals surface area contributed by atoms with Gasteiger partial charge in [0.25, 0.3) is 5.91 Å². The Morgan fingerprint density at radius 1 is 0.964 bits per heavy atom. The van der Waals surface area contributed by atoms with Gasteiger partial charge in [-0.3, -0.25) is 4.79 Å². The molecule has 0 aliphatic carbocycles. The normalized spacial score (nSPS) is 10.2. The van der Waals surface area contributed by atoms with Gasteiger partial charge in [0, 0.05) is 25.3 Å². The minimum atomic E-state index is -0.503. The Labute approximate surface area is 166 Å². The van der Waals surface area contributed by atoms with Crippen molar-refractivity contribution < 1.29 is 19.1 Å². The zero-order valence-electron chi connectivity index (χ0n) is 16.7. The molecule has 150 valence electrons. The van der Waals surface area contributed by atoms with E-state index in [-0.39, 0.29) is 12.5 Å². The zero-order chi connectivity index (χ0) is 20.4. The second-order valence-electron chi connectivity index (χ2n) is 6.24. The lowest BCUT2D eigenvalue weighted by Gasteiger charge is -2.20. The summed E-state index contributed by atoms with van der Waals surface area (Å²) in [5, 5.41) is 2.75. The second-order valence-corrected chi connectivity index (χ2v) is 6.24. The summed E-state index contributed by atoms with van der Waals surface area (Å²) in [6.07, 6.45) is 0.691. The molecule has 1 N–H and O–H groups in total. The third-order valence-electron chi connectivity index (χ3n) is 4.46. The van der Waals surface area contributed by atoms with Crippen molar-refractivity contribution >= 4 is 17.6 Å². The molecule has 6 heteroatoms. The maximum absolute atomic E-state index is 12.1. The van der Waals surface area contributed by atoms with Crippen molar-refractivity contribution in [2.45, 2.75) is 20.3 Å². The van der Waals surface area contributed by atoms with Gasteiger partial charge in [0.1, 0.15) is 5.75 Å². The van der Waals surface area contributed by atoms with Crippen molar-refractivity contribution in [2.24, 2.45) is 0 Å². The van der Waals surface area contributed by atoms with Gasteiger partial charge in [-0.2, -0.15) is 0 Å². The lowest BCUT2D eigenvalue weighted by molar-refractivity contribution is -0.124. The summed E-state index contributed by atoms with van der Waals surface area (Å²) in [5.41, 5.74) is 2.58. The molecule has 0 aromatic heterocycles. The standard InChI is InChI=1S/C22H28N2O4/c1-4-24(5-2)19-10-8-18(9-11-19)22(26)28-16-21(25)23-15-14-17-6-12-20(27-3)13-7-17/h6-13H,4-5,14-16H2,1-3H3,(H,23,25). The van der Waals surface area contributed by atoms with Crippen molar-refractivity contribution in [1.82, 2.24) is 5.32 Å². The minimum Gasteiger partial charge on any atom is -0.497 e. The van der Waals surface area contributed by atoms with Gasteiger partial charge in [0.2, 0.25) is 0 Å². The van der Waals surface area contributed by atoms with Crippen LogP contribution in [0, 0.1) is 0 Å². The average molecular weight is 384 g/mol. The SMILES string of the molecule is CCN(CC)c1ccc(C(=O)OCC(=O)NCCc2ccc(OC)cc2)cc1. The molecule has 0 unspecified atom stereocenters. The third-order valence-corrected chi connectivity index (χ3v) is 4.46. The number of rotatable bonds is 10. The minimum absolute atomic E-state index is 0.292. The number of benzene rings is 2. The van der Waals surface area contributed by atoms with E-state index in [0.717, 1.165) is 30.1 Å². The Balaban J connectivity index is 1.73. The summed E-state index contributed by atoms with van der Waals surface area (Å²) in [4.78, 5) is 26.2. The number of amides is 1. The summed E-state index contributed by atoms with van der Waals surface area (Å²) < 4.78 is 10.2. The average Bonchev–Trinajstić information content (AvgIpc) is 2.74. The molecule has 0 heterocycles. The van der Waals surface area contributed by atoms with E-state index in [1.807, 2.05) is 36.4 Å². The summed E-state index contributed by atoms with van der Waals surface area (Å²) in [6.45, 7) is 6.15. The Morgan fingerprint density at radius 2 is 1.61 bits per heavy atom. The van der Waals surface area contributed by atoms with E-state index in [9.17, 15) is 9.59 Å². The number of nitrogens with zero attached hydrogens (tertiary/aromatic N) is 1. The molecule has 2 aromatic carbocycles. The highest BCUT2D eigenvalue weighted by atomic mass is 16.5. The summed E-state index contributed by atoms with van der Waals surface area (Å²) in [7, 11) is 1.62. The van der Waals surface area contributed by atoms with Gasteiger partial charge in [-0.05, 0) is 62.2 Å². The fourth-order valence-electron chi connectivity index (χ4n) is 2.80. The van der Waals surface area contributed by atoms with E-state index in [1.165, 1.54) is 0 Å². The van der Waals surface area contributed by atoms with Crippen LogP contribution in [0.3, 0.4) is 0 Å². The van der Waals surface area contributed by atoms with Crippen LogP contribution in [0.2, 0.25) is 0 Å². The van der Waals surface area contributed by atoms with Gasteiger partial charge in [0.15, 0.2) is 6.61 Å². The van der Waals surface area contributed by atoms with Crippen LogP contribution in [-0.2, 0) is 16.0 Å². The van der Waals surface area contributed by atoms with E-state index in [0.29, 0.717) is 18.5 Å². The van der Waals surface area contributed by atoms with Gasteiger partial charge in [0.05, 0.1) is 12.7 Å². The number of ether oxygens (including phenoxy) is 2. The molecule has 0 radical (unpaired) electrons. The van der Waals surface area contributed by atoms with Crippen LogP contribution in [0.4, 0.5) is 5.69 Å². The van der Waals surface area contributed by atoms with Crippen molar-refractivity contribution in [3.63, 3.8) is 0 Å². The van der Waals surface area contributed by atoms with E-state index in [4.69, 9.17) is 9.47 Å². The largest absolute Gasteiger partial charge is 0.497 e. The summed E-state index contributed by atoms with van der Waals surface area (Å²) in [5.74, 6) is -0.0251. The first-order valence-corrected chi connectivity index (χ1v) is 9.49. The highest BCUT2D eigenvalue weighted by molar-refractivity contribution is 5.91. The molecule has 0 spiro atoms. The molecule has 28 heavy (non-hydrogen) atoms. The number of hydrogen-bond acceptors (Lipinski definition) is 5. The number of nitrogens with one attached hydrogen (secondary N) is 1. The van der Waals surface area contributed by atoms with Gasteiger partial charge in [-0.1, -0.05) is 12.1 Å². The van der Waals surface area contributed by atoms with Crippen LogP contribution in [0.15, 0.2) is 48.5 Å². The van der Waals surface area contributed by atoms with Gasteiger partial charge in [-0.15, -0.1) is 0 Å². The molecule has 0 saturated heterocycles. The molecule has 1 amide bonds. The van der Waals surface area contributed by atoms with Crippen molar-refractivity contribution in [2.75, 3.05) is 38.3 Å². The number of methoxy groups -OCH3 is 1. The van der Waals surface area contributed by atoms with E-state index >= 15 is 0 Å². The Kier molecular flexibility index (Phi) is 8.34. The fourth-order valence-corrected chi connectivity index (χ4v) is 2.80. The first-order chi connectivity index (χ1) is 13.6. The van der Waals surface area contributed by atoms with Crippen LogP contribution < -0.4 is 15.0 Å². The molecule has 0 saturated carbocycles. The predicted octanol–water partition coefficient (Wildman–Crippen LogP) is 3.06. The Hall–Kier alpha value is -3.02. The smallest absolute Gasteiger partial charge is 0.338 e. The molecule has 2 aromatic rings. The van der Waals surface area contributed by atoms with Crippen LogP contribution in [-0.4, -0.2) is 45.2 Å². The maximum atomic E-state index is 12.1. The van der Waals surface area contributed by atoms with Crippen LogP contribution in [0.1, 0.15) is 29.8 Å². The second kappa shape index (κ2) is 11.0. The van der Waals surface area contributed by atoms with E-state index < -0.39 is 5.97 Å². The molecule has 0 bridgehead atoms. The van der Waals surface area contributed by atoms with Crippen LogP contribution >= 0.6 is 0 Å². The van der Waals surface area contributed by atoms with E-state index in [1.54, 1.807) is 19.2 Å². The number of hydrogen-bond donors (Lipinski definition) is 1. The van der Waals surface area contributed by atoms with Crippen molar-refractivity contribution in [3.8, 4) is 5.75 Å². The van der Waals surface area contributed by atoms with Crippen molar-refractivity contribution in [1.29, 1.82) is 0 Å². The zero-order valence-corrected chi connectivity index (χ0v) is 16.7. The monoisotopic (exact) mass is 384 g/mol. The molecule has 6 nitrogen and oxygen atoms in total. The summed E-state index contributed by atoms with van der Waals surface area (Å²) >= 11 is 0. The van der Waals surface area contributed by atoms with Gasteiger partial charge in [-0.25, -0.2) is 4.79 Å². The van der Waals surface area contributed by atoms with Gasteiger partial charge >= 0.3 is 5.97 Å². The molecular weight excluding hydrogens is 356 g/mol. The van der Waals surface area contributed by atoms with Gasteiger partial charge < -0.3 is 19.7 Å². The number of carbonyl (C=O) groups excluding carboxylic acids is 2. The van der Waals surface area contributed by atoms with E-state index in [2.05, 4.69) is 24.1 Å². The lowest BCUT2D eigenvalue weighted by atomic mass is 10.1. The highest BCUT2D eigenvalue weighted by Gasteiger charge is 2.11. The molecule has 0 aliphatic rings. The fraction of sp³-hybridized carbons (Fsp3) is 0.364. The lowest BCUT2D eigenvalue weighted by Crippen LogP contribution is -2.30. The van der Waals surface area contributed by atoms with Crippen molar-refractivity contribution in [3.05, 3.63) is 59.7 Å². The third kappa shape index (κ3) is 6.30. The molecule has 0 fully saturated rings. The molecule has 2 rings (SSSR count). The topological polar surface area (TPSA) is 67.9 Å². The number of esters is 1. The molecule has 0 atom stereocenters. The predicted molar refractivity (Wildman–Crippen MR) is 110 cm³/mol. The van der Waals surface area contributed by atoms with Crippen LogP contribution in [0.5, 0.6) is 5.75 Å². The number of anilines is 1. The molecular formula is C22H28N2O4. The van der Waals surface area contributed by atoms with Crippen LogP contribution in [0.25, 0.3) is 0 Å². The quantitative estimate of drug-likeness (QED) is 0.638. The maximum Gasteiger partial charge on any atom is 0.338 e. The highest BCUT2D eigenvalue weighted by Crippen LogP contribution is 2.15. The Bertz CT molecular complexity index is 753.